The highest BCUT2D eigenvalue weighted by Gasteiger charge is 2.23. The van der Waals surface area contributed by atoms with E-state index in [2.05, 4.69) is 25.6 Å². The Hall–Kier alpha value is -4.41. The van der Waals surface area contributed by atoms with E-state index < -0.39 is 11.9 Å². The molecular formula is C30H24Cl2FN7O2. The monoisotopic (exact) mass is 603 g/mol. The molecule has 6 rings (SSSR count). The number of nitrogens with one attached hydrogen (secondary N) is 1. The van der Waals surface area contributed by atoms with Crippen molar-refractivity contribution in [2.75, 3.05) is 5.32 Å². The average Bonchev–Trinajstić information content (AvgIpc) is 3.41. The van der Waals surface area contributed by atoms with E-state index in [1.165, 1.54) is 33.8 Å². The van der Waals surface area contributed by atoms with E-state index in [-0.39, 0.29) is 22.5 Å². The van der Waals surface area contributed by atoms with Gasteiger partial charge in [-0.3, -0.25) is 19.1 Å². The van der Waals surface area contributed by atoms with Gasteiger partial charge in [-0.25, -0.2) is 14.1 Å². The van der Waals surface area contributed by atoms with Gasteiger partial charge < -0.3 is 5.32 Å². The molecule has 2 atom stereocenters. The number of halogens is 3. The largest absolute Gasteiger partial charge is 0.325 e. The highest BCUT2D eigenvalue weighted by Crippen LogP contribution is 2.34. The van der Waals surface area contributed by atoms with Crippen LogP contribution < -0.4 is 10.9 Å². The first-order valence-corrected chi connectivity index (χ1v) is 14.1. The van der Waals surface area contributed by atoms with Crippen LogP contribution in [0.3, 0.4) is 0 Å². The average molecular weight is 604 g/mol. The van der Waals surface area contributed by atoms with Crippen molar-refractivity contribution in [3.63, 3.8) is 0 Å². The summed E-state index contributed by atoms with van der Waals surface area (Å²) in [5.41, 5.74) is 3.60. The number of amides is 1. The highest BCUT2D eigenvalue weighted by molar-refractivity contribution is 6.31. The van der Waals surface area contributed by atoms with E-state index in [0.717, 1.165) is 0 Å². The maximum atomic E-state index is 14.3. The number of hydrogen-bond donors (Lipinski definition) is 1. The summed E-state index contributed by atoms with van der Waals surface area (Å²) in [5, 5.41) is 11.5. The number of benzene rings is 2. The van der Waals surface area contributed by atoms with Gasteiger partial charge in [0.25, 0.3) is 5.56 Å². The summed E-state index contributed by atoms with van der Waals surface area (Å²) in [6.45, 7) is 1.85. The summed E-state index contributed by atoms with van der Waals surface area (Å²) in [5.74, 6) is -0.871. The van der Waals surface area contributed by atoms with Crippen molar-refractivity contribution in [1.29, 1.82) is 0 Å². The molecule has 3 aromatic heterocycles. The van der Waals surface area contributed by atoms with E-state index in [1.54, 1.807) is 42.7 Å². The van der Waals surface area contributed by atoms with Crippen LogP contribution in [-0.2, 0) is 4.79 Å². The minimum Gasteiger partial charge on any atom is -0.325 e. The lowest BCUT2D eigenvalue weighted by molar-refractivity contribution is -0.119. The molecule has 1 aliphatic heterocycles. The van der Waals surface area contributed by atoms with Gasteiger partial charge in [0.1, 0.15) is 5.82 Å². The Morgan fingerprint density at radius 2 is 1.83 bits per heavy atom. The van der Waals surface area contributed by atoms with Crippen molar-refractivity contribution in [1.82, 2.24) is 29.5 Å². The van der Waals surface area contributed by atoms with Gasteiger partial charge in [0.15, 0.2) is 5.15 Å². The fourth-order valence-electron chi connectivity index (χ4n) is 5.16. The summed E-state index contributed by atoms with van der Waals surface area (Å²) in [6, 6.07) is 13.9. The van der Waals surface area contributed by atoms with Crippen molar-refractivity contribution in [2.45, 2.75) is 32.2 Å². The lowest BCUT2D eigenvalue weighted by atomic mass is 9.95. The number of hydrogen-bond acceptors (Lipinski definition) is 6. The molecule has 212 valence electrons. The first-order chi connectivity index (χ1) is 20.3. The summed E-state index contributed by atoms with van der Waals surface area (Å²) >= 11 is 12.3. The number of carbonyl (C=O) groups excluding carboxylic acids is 1. The lowest BCUT2D eigenvalue weighted by Gasteiger charge is -2.23. The predicted octanol–water partition coefficient (Wildman–Crippen LogP) is 6.35. The minimum absolute atomic E-state index is 0.150. The molecule has 1 N–H and O–H groups in total. The molecule has 0 unspecified atom stereocenters. The number of rotatable bonds is 3. The van der Waals surface area contributed by atoms with Gasteiger partial charge in [0, 0.05) is 40.0 Å². The lowest BCUT2D eigenvalue weighted by Crippen LogP contribution is -2.27. The second-order valence-electron chi connectivity index (χ2n) is 10.2. The number of aromatic nitrogens is 6. The van der Waals surface area contributed by atoms with Crippen LogP contribution in [0.1, 0.15) is 37.9 Å². The molecule has 2 aromatic carbocycles. The molecule has 4 heterocycles. The Kier molecular flexibility index (Phi) is 7.57. The van der Waals surface area contributed by atoms with Gasteiger partial charge >= 0.3 is 0 Å². The molecule has 0 spiro atoms. The summed E-state index contributed by atoms with van der Waals surface area (Å²) in [4.78, 5) is 35.8. The molecular weight excluding hydrogens is 580 g/mol. The van der Waals surface area contributed by atoms with Crippen LogP contribution in [0.15, 0.2) is 78.1 Å². The standard InChI is InChI=1S/C30H24Cl2FN7O2/c1-17-3-2-4-27(25-11-18(9-10-34-25)21-13-20(33)6-7-23(21)36-30(17)42)39-16-35-24(14-29(39)41)22-12-19(31)5-8-26(22)40-15-28(32)37-38-40/h5-17,27H,2-4H2,1H3,(H,36,42)/t17-,27+/m1/s1. The number of carbonyl (C=O) groups is 1. The third kappa shape index (κ3) is 5.55. The summed E-state index contributed by atoms with van der Waals surface area (Å²) in [6.07, 6.45) is 6.43. The number of pyridine rings is 1. The summed E-state index contributed by atoms with van der Waals surface area (Å²) in [7, 11) is 0. The molecule has 2 bridgehead atoms. The maximum absolute atomic E-state index is 14.3. The fraction of sp³-hybridized carbons (Fsp3) is 0.200. The van der Waals surface area contributed by atoms with Gasteiger partial charge in [0.05, 0.1) is 35.6 Å². The topological polar surface area (TPSA) is 108 Å². The Balaban J connectivity index is 1.44. The van der Waals surface area contributed by atoms with Gasteiger partial charge in [-0.2, -0.15) is 0 Å². The first-order valence-electron chi connectivity index (χ1n) is 13.3. The molecule has 1 aliphatic rings. The predicted molar refractivity (Wildman–Crippen MR) is 158 cm³/mol. The Morgan fingerprint density at radius 3 is 2.62 bits per heavy atom. The van der Waals surface area contributed by atoms with E-state index >= 15 is 0 Å². The van der Waals surface area contributed by atoms with Crippen LogP contribution in [0.5, 0.6) is 0 Å². The third-order valence-corrected chi connectivity index (χ3v) is 7.76. The zero-order chi connectivity index (χ0) is 29.4. The number of nitrogens with zero attached hydrogens (tertiary/aromatic N) is 6. The number of anilines is 1. The maximum Gasteiger partial charge on any atom is 0.254 e. The molecule has 0 aliphatic carbocycles. The summed E-state index contributed by atoms with van der Waals surface area (Å²) < 4.78 is 17.3. The first kappa shape index (κ1) is 27.7. The Labute approximate surface area is 250 Å². The Bertz CT molecular complexity index is 1870. The molecule has 1 amide bonds. The SMILES string of the molecule is C[C@@H]1CCC[C@H](n2cnc(-c3cc(Cl)ccc3-n3cc(Cl)nn3)cc2=O)c2cc(ccn2)-c2cc(F)ccc2NC1=O. The molecule has 0 fully saturated rings. The normalized spacial score (nSPS) is 17.1. The smallest absolute Gasteiger partial charge is 0.254 e. The van der Waals surface area contributed by atoms with Crippen LogP contribution >= 0.6 is 23.2 Å². The van der Waals surface area contributed by atoms with Crippen LogP contribution in [0.2, 0.25) is 10.2 Å². The van der Waals surface area contributed by atoms with Crippen molar-refractivity contribution in [3.8, 4) is 28.1 Å². The quantitative estimate of drug-likeness (QED) is 0.257. The Morgan fingerprint density at radius 1 is 0.976 bits per heavy atom. The van der Waals surface area contributed by atoms with Crippen molar-refractivity contribution < 1.29 is 9.18 Å². The molecule has 0 saturated heterocycles. The fourth-order valence-corrected chi connectivity index (χ4v) is 5.46. The van der Waals surface area contributed by atoms with Gasteiger partial charge in [-0.15, -0.1) is 5.10 Å². The zero-order valence-electron chi connectivity index (χ0n) is 22.3. The van der Waals surface area contributed by atoms with Crippen molar-refractivity contribution >= 4 is 34.8 Å². The number of fused-ring (bicyclic) bond motifs is 4. The zero-order valence-corrected chi connectivity index (χ0v) is 23.8. The molecule has 42 heavy (non-hydrogen) atoms. The highest BCUT2D eigenvalue weighted by atomic mass is 35.5. The third-order valence-electron chi connectivity index (χ3n) is 7.35. The van der Waals surface area contributed by atoms with Crippen LogP contribution in [0.25, 0.3) is 28.1 Å². The molecule has 0 saturated carbocycles. The van der Waals surface area contributed by atoms with Gasteiger partial charge in [0.2, 0.25) is 5.91 Å². The van der Waals surface area contributed by atoms with Crippen molar-refractivity contribution in [3.05, 3.63) is 105 Å². The van der Waals surface area contributed by atoms with Gasteiger partial charge in [-0.1, -0.05) is 41.8 Å². The van der Waals surface area contributed by atoms with Crippen LogP contribution in [0.4, 0.5) is 10.1 Å². The minimum atomic E-state index is -0.473. The molecule has 12 heteroatoms. The second kappa shape index (κ2) is 11.5. The van der Waals surface area contributed by atoms with Gasteiger partial charge in [-0.05, 0) is 66.9 Å². The van der Waals surface area contributed by atoms with Crippen molar-refractivity contribution in [2.24, 2.45) is 5.92 Å². The molecule has 5 aromatic rings. The van der Waals surface area contributed by atoms with Crippen LogP contribution in [0, 0.1) is 11.7 Å². The van der Waals surface area contributed by atoms with E-state index in [4.69, 9.17) is 23.2 Å². The van der Waals surface area contributed by atoms with E-state index in [0.29, 0.717) is 63.7 Å². The molecule has 9 nitrogen and oxygen atoms in total. The second-order valence-corrected chi connectivity index (χ2v) is 11.0. The van der Waals surface area contributed by atoms with E-state index in [9.17, 15) is 14.0 Å². The van der Waals surface area contributed by atoms with Crippen LogP contribution in [-0.4, -0.2) is 35.4 Å². The molecule has 0 radical (unpaired) electrons. The van der Waals surface area contributed by atoms with E-state index in [1.807, 2.05) is 13.0 Å².